The molecule has 5 heteroatoms. The summed E-state index contributed by atoms with van der Waals surface area (Å²) in [5.74, 6) is -0.936. The molecule has 0 spiro atoms. The predicted octanol–water partition coefficient (Wildman–Crippen LogP) is 4.56. The SMILES string of the molecule is COc1csc(C(Cl)Cc2ccc(F)c(F)c2)c1. The van der Waals surface area contributed by atoms with Crippen molar-refractivity contribution in [1.29, 1.82) is 0 Å². The van der Waals surface area contributed by atoms with E-state index in [-0.39, 0.29) is 5.38 Å². The number of rotatable bonds is 4. The zero-order chi connectivity index (χ0) is 13.1. The molecule has 0 saturated heterocycles. The molecule has 2 rings (SSSR count). The van der Waals surface area contributed by atoms with Crippen LogP contribution in [0.15, 0.2) is 29.6 Å². The predicted molar refractivity (Wildman–Crippen MR) is 69.5 cm³/mol. The minimum absolute atomic E-state index is 0.274. The van der Waals surface area contributed by atoms with Gasteiger partial charge in [-0.05, 0) is 30.2 Å². The van der Waals surface area contributed by atoms with Crippen molar-refractivity contribution in [2.45, 2.75) is 11.8 Å². The molecule has 0 N–H and O–H groups in total. The molecule has 0 amide bonds. The topological polar surface area (TPSA) is 9.23 Å². The Morgan fingerprint density at radius 1 is 1.28 bits per heavy atom. The molecule has 0 fully saturated rings. The highest BCUT2D eigenvalue weighted by Crippen LogP contribution is 2.33. The molecule has 1 atom stereocenters. The summed E-state index contributed by atoms with van der Waals surface area (Å²) in [7, 11) is 1.59. The largest absolute Gasteiger partial charge is 0.496 e. The van der Waals surface area contributed by atoms with Gasteiger partial charge in [-0.15, -0.1) is 22.9 Å². The molecule has 18 heavy (non-hydrogen) atoms. The van der Waals surface area contributed by atoms with E-state index in [4.69, 9.17) is 16.3 Å². The van der Waals surface area contributed by atoms with Crippen molar-refractivity contribution in [2.24, 2.45) is 0 Å². The average molecular weight is 289 g/mol. The molecule has 2 aromatic rings. The molecule has 1 nitrogen and oxygen atoms in total. The van der Waals surface area contributed by atoms with E-state index in [0.29, 0.717) is 12.0 Å². The van der Waals surface area contributed by atoms with E-state index in [1.165, 1.54) is 17.4 Å². The normalized spacial score (nSPS) is 12.4. The fraction of sp³-hybridized carbons (Fsp3) is 0.231. The van der Waals surface area contributed by atoms with Gasteiger partial charge in [0, 0.05) is 10.3 Å². The first-order valence-electron chi connectivity index (χ1n) is 5.30. The Labute approximate surface area is 113 Å². The maximum absolute atomic E-state index is 13.1. The fourth-order valence-electron chi connectivity index (χ4n) is 1.58. The first kappa shape index (κ1) is 13.3. The molecule has 1 unspecified atom stereocenters. The van der Waals surface area contributed by atoms with Gasteiger partial charge in [0.2, 0.25) is 0 Å². The average Bonchev–Trinajstić information content (AvgIpc) is 2.82. The van der Waals surface area contributed by atoms with Gasteiger partial charge in [-0.3, -0.25) is 0 Å². The second kappa shape index (κ2) is 5.67. The molecule has 0 radical (unpaired) electrons. The van der Waals surface area contributed by atoms with Crippen molar-refractivity contribution < 1.29 is 13.5 Å². The minimum atomic E-state index is -0.847. The number of thiophene rings is 1. The summed E-state index contributed by atoms with van der Waals surface area (Å²) in [6.45, 7) is 0. The molecule has 0 bridgehead atoms. The lowest BCUT2D eigenvalue weighted by molar-refractivity contribution is 0.416. The third kappa shape index (κ3) is 3.00. The van der Waals surface area contributed by atoms with Crippen LogP contribution in [0.25, 0.3) is 0 Å². The maximum Gasteiger partial charge on any atom is 0.159 e. The number of methoxy groups -OCH3 is 1. The van der Waals surface area contributed by atoms with Gasteiger partial charge in [0.1, 0.15) is 5.75 Å². The van der Waals surface area contributed by atoms with Gasteiger partial charge in [-0.25, -0.2) is 8.78 Å². The molecule has 1 aromatic carbocycles. The van der Waals surface area contributed by atoms with Crippen LogP contribution in [0.1, 0.15) is 15.8 Å². The van der Waals surface area contributed by atoms with Gasteiger partial charge in [0.05, 0.1) is 12.5 Å². The molecule has 1 heterocycles. The first-order chi connectivity index (χ1) is 8.60. The Hall–Kier alpha value is -1.13. The van der Waals surface area contributed by atoms with Crippen LogP contribution in [-0.2, 0) is 6.42 Å². The standard InChI is InChI=1S/C13H11ClF2OS/c1-17-9-6-13(18-7-9)10(14)4-8-2-3-11(15)12(16)5-8/h2-3,5-7,10H,4H2,1H3. The van der Waals surface area contributed by atoms with Crippen molar-refractivity contribution in [3.63, 3.8) is 0 Å². The van der Waals surface area contributed by atoms with Crippen LogP contribution in [0.4, 0.5) is 8.78 Å². The zero-order valence-electron chi connectivity index (χ0n) is 9.62. The van der Waals surface area contributed by atoms with Crippen LogP contribution >= 0.6 is 22.9 Å². The van der Waals surface area contributed by atoms with E-state index >= 15 is 0 Å². The van der Waals surface area contributed by atoms with Gasteiger partial charge >= 0.3 is 0 Å². The van der Waals surface area contributed by atoms with Gasteiger partial charge in [0.15, 0.2) is 11.6 Å². The van der Waals surface area contributed by atoms with E-state index in [2.05, 4.69) is 0 Å². The van der Waals surface area contributed by atoms with Crippen molar-refractivity contribution in [1.82, 2.24) is 0 Å². The quantitative estimate of drug-likeness (QED) is 0.750. The molecule has 0 aliphatic rings. The highest BCUT2D eigenvalue weighted by molar-refractivity contribution is 7.10. The molecule has 96 valence electrons. The van der Waals surface area contributed by atoms with Crippen LogP contribution in [0.3, 0.4) is 0 Å². The zero-order valence-corrected chi connectivity index (χ0v) is 11.2. The molecular formula is C13H11ClF2OS. The van der Waals surface area contributed by atoms with Crippen molar-refractivity contribution in [3.8, 4) is 5.75 Å². The van der Waals surface area contributed by atoms with E-state index in [1.54, 1.807) is 13.2 Å². The summed E-state index contributed by atoms with van der Waals surface area (Å²) >= 11 is 7.73. The Morgan fingerprint density at radius 2 is 2.06 bits per heavy atom. The van der Waals surface area contributed by atoms with E-state index in [0.717, 1.165) is 16.7 Å². The molecular weight excluding hydrogens is 278 g/mol. The smallest absolute Gasteiger partial charge is 0.159 e. The molecule has 0 aliphatic carbocycles. The molecule has 0 aliphatic heterocycles. The fourth-order valence-corrected chi connectivity index (χ4v) is 2.81. The van der Waals surface area contributed by atoms with Crippen molar-refractivity contribution in [2.75, 3.05) is 7.11 Å². The van der Waals surface area contributed by atoms with E-state index < -0.39 is 11.6 Å². The highest BCUT2D eigenvalue weighted by atomic mass is 35.5. The minimum Gasteiger partial charge on any atom is -0.496 e. The molecule has 0 saturated carbocycles. The summed E-state index contributed by atoms with van der Waals surface area (Å²) in [6, 6.07) is 5.68. The summed E-state index contributed by atoms with van der Waals surface area (Å²) in [5.41, 5.74) is 0.668. The second-order valence-electron chi connectivity index (χ2n) is 3.81. The highest BCUT2D eigenvalue weighted by Gasteiger charge is 2.13. The lowest BCUT2D eigenvalue weighted by Gasteiger charge is -2.07. The van der Waals surface area contributed by atoms with E-state index in [1.807, 2.05) is 11.4 Å². The van der Waals surface area contributed by atoms with Gasteiger partial charge in [-0.2, -0.15) is 0 Å². The Kier molecular flexibility index (Phi) is 4.19. The first-order valence-corrected chi connectivity index (χ1v) is 6.62. The third-order valence-corrected chi connectivity index (χ3v) is 4.08. The van der Waals surface area contributed by atoms with Crippen LogP contribution in [-0.4, -0.2) is 7.11 Å². The van der Waals surface area contributed by atoms with Crippen LogP contribution in [0.5, 0.6) is 5.75 Å². The maximum atomic E-state index is 13.1. The second-order valence-corrected chi connectivity index (χ2v) is 5.28. The number of benzene rings is 1. The Bertz CT molecular complexity index is 542. The van der Waals surface area contributed by atoms with Gasteiger partial charge in [0.25, 0.3) is 0 Å². The summed E-state index contributed by atoms with van der Waals surface area (Å²) in [6.07, 6.45) is 0.447. The number of hydrogen-bond donors (Lipinski definition) is 0. The monoisotopic (exact) mass is 288 g/mol. The van der Waals surface area contributed by atoms with Crippen LogP contribution in [0.2, 0.25) is 0 Å². The van der Waals surface area contributed by atoms with Gasteiger partial charge in [-0.1, -0.05) is 6.07 Å². The summed E-state index contributed by atoms with van der Waals surface area (Å²) in [5, 5.41) is 1.58. The Morgan fingerprint density at radius 3 is 2.67 bits per heavy atom. The number of ether oxygens (including phenoxy) is 1. The molecule has 1 aromatic heterocycles. The number of alkyl halides is 1. The van der Waals surface area contributed by atoms with Crippen LogP contribution < -0.4 is 4.74 Å². The summed E-state index contributed by atoms with van der Waals surface area (Å²) < 4.78 is 30.9. The Balaban J connectivity index is 2.10. The lowest BCUT2D eigenvalue weighted by atomic mass is 10.1. The van der Waals surface area contributed by atoms with Crippen molar-refractivity contribution in [3.05, 3.63) is 51.7 Å². The van der Waals surface area contributed by atoms with Crippen LogP contribution in [0, 0.1) is 11.6 Å². The number of halogens is 3. The summed E-state index contributed by atoms with van der Waals surface area (Å²) in [4.78, 5) is 0.943. The number of hydrogen-bond acceptors (Lipinski definition) is 2. The van der Waals surface area contributed by atoms with E-state index in [9.17, 15) is 8.78 Å². The van der Waals surface area contributed by atoms with Gasteiger partial charge < -0.3 is 4.74 Å². The third-order valence-electron chi connectivity index (χ3n) is 2.54. The van der Waals surface area contributed by atoms with Crippen molar-refractivity contribution >= 4 is 22.9 Å². The lowest BCUT2D eigenvalue weighted by Crippen LogP contribution is -1.95.